The fourth-order valence-electron chi connectivity index (χ4n) is 0.908. The van der Waals surface area contributed by atoms with Gasteiger partial charge in [0, 0.05) is 13.0 Å². The molecule has 0 saturated carbocycles. The number of carbonyl (C=O) groups excluding carboxylic acids is 1. The number of ketones is 1. The minimum atomic E-state index is -0.460. The van der Waals surface area contributed by atoms with E-state index >= 15 is 0 Å². The van der Waals surface area contributed by atoms with Crippen molar-refractivity contribution in [2.24, 2.45) is 0 Å². The highest BCUT2D eigenvalue weighted by Crippen LogP contribution is 2.03. The monoisotopic (exact) mass is 183 g/mol. The molecule has 0 spiro atoms. The van der Waals surface area contributed by atoms with Gasteiger partial charge in [0.1, 0.15) is 11.5 Å². The summed E-state index contributed by atoms with van der Waals surface area (Å²) in [6.07, 6.45) is 1.67. The van der Waals surface area contributed by atoms with Crippen molar-refractivity contribution in [1.82, 2.24) is 4.98 Å². The standard InChI is InChI=1S/C9H10FNO2/c10-7-3-4-8(11-6-7)9(13)2-1-5-12/h3-4,6,12H,1-2,5H2. The van der Waals surface area contributed by atoms with E-state index in [0.717, 1.165) is 6.20 Å². The Hall–Kier alpha value is -1.29. The van der Waals surface area contributed by atoms with Crippen molar-refractivity contribution in [2.45, 2.75) is 12.8 Å². The van der Waals surface area contributed by atoms with Gasteiger partial charge in [0.15, 0.2) is 5.78 Å². The van der Waals surface area contributed by atoms with Crippen LogP contribution in [0.1, 0.15) is 23.3 Å². The van der Waals surface area contributed by atoms with Crippen molar-refractivity contribution in [3.63, 3.8) is 0 Å². The van der Waals surface area contributed by atoms with E-state index in [2.05, 4.69) is 4.98 Å². The Bertz CT molecular complexity index is 284. The second kappa shape index (κ2) is 4.67. The molecule has 1 N–H and O–H groups in total. The van der Waals surface area contributed by atoms with Crippen LogP contribution in [0.5, 0.6) is 0 Å². The molecule has 0 aliphatic heterocycles. The average molecular weight is 183 g/mol. The molecule has 0 amide bonds. The number of aliphatic hydroxyl groups excluding tert-OH is 1. The zero-order valence-corrected chi connectivity index (χ0v) is 7.03. The van der Waals surface area contributed by atoms with E-state index < -0.39 is 5.82 Å². The number of aromatic nitrogens is 1. The van der Waals surface area contributed by atoms with Crippen molar-refractivity contribution in [3.8, 4) is 0 Å². The smallest absolute Gasteiger partial charge is 0.181 e. The molecule has 0 radical (unpaired) electrons. The molecule has 0 fully saturated rings. The molecule has 70 valence electrons. The topological polar surface area (TPSA) is 50.2 Å². The molecule has 0 unspecified atom stereocenters. The van der Waals surface area contributed by atoms with E-state index in [1.54, 1.807) is 0 Å². The first kappa shape index (κ1) is 9.80. The molecule has 1 rings (SSSR count). The van der Waals surface area contributed by atoms with E-state index in [0.29, 0.717) is 6.42 Å². The molecule has 0 saturated heterocycles. The van der Waals surface area contributed by atoms with E-state index in [-0.39, 0.29) is 24.5 Å². The van der Waals surface area contributed by atoms with Crippen LogP contribution in [0, 0.1) is 5.82 Å². The summed E-state index contributed by atoms with van der Waals surface area (Å²) < 4.78 is 12.4. The Morgan fingerprint density at radius 1 is 1.54 bits per heavy atom. The largest absolute Gasteiger partial charge is 0.396 e. The van der Waals surface area contributed by atoms with Crippen LogP contribution in [0.4, 0.5) is 4.39 Å². The van der Waals surface area contributed by atoms with Gasteiger partial charge in [-0.15, -0.1) is 0 Å². The third kappa shape index (κ3) is 2.91. The maximum atomic E-state index is 12.4. The second-order valence-electron chi connectivity index (χ2n) is 2.61. The number of nitrogens with zero attached hydrogens (tertiary/aromatic N) is 1. The molecule has 1 aromatic heterocycles. The zero-order chi connectivity index (χ0) is 9.68. The van der Waals surface area contributed by atoms with Gasteiger partial charge in [-0.25, -0.2) is 4.39 Å². The predicted octanol–water partition coefficient (Wildman–Crippen LogP) is 1.18. The Kier molecular flexibility index (Phi) is 3.52. The van der Waals surface area contributed by atoms with Gasteiger partial charge in [-0.1, -0.05) is 0 Å². The number of hydrogen-bond donors (Lipinski definition) is 1. The summed E-state index contributed by atoms with van der Waals surface area (Å²) >= 11 is 0. The van der Waals surface area contributed by atoms with Gasteiger partial charge in [0.2, 0.25) is 0 Å². The maximum absolute atomic E-state index is 12.4. The molecular formula is C9H10FNO2. The number of halogens is 1. The molecule has 1 aromatic rings. The van der Waals surface area contributed by atoms with Crippen LogP contribution in [0.25, 0.3) is 0 Å². The summed E-state index contributed by atoms with van der Waals surface area (Å²) in [5.74, 6) is -0.632. The highest BCUT2D eigenvalue weighted by Gasteiger charge is 2.06. The normalized spacial score (nSPS) is 10.0. The molecule has 0 aliphatic rings. The van der Waals surface area contributed by atoms with Crippen LogP contribution in [0.2, 0.25) is 0 Å². The van der Waals surface area contributed by atoms with Gasteiger partial charge in [-0.3, -0.25) is 9.78 Å². The summed E-state index contributed by atoms with van der Waals surface area (Å²) in [6, 6.07) is 2.54. The SMILES string of the molecule is O=C(CCCO)c1ccc(F)cn1. The first-order chi connectivity index (χ1) is 6.24. The molecule has 0 atom stereocenters. The van der Waals surface area contributed by atoms with E-state index in [1.807, 2.05) is 0 Å². The molecule has 13 heavy (non-hydrogen) atoms. The van der Waals surface area contributed by atoms with Gasteiger partial charge < -0.3 is 5.11 Å². The molecule has 1 heterocycles. The van der Waals surface area contributed by atoms with Crippen molar-refractivity contribution >= 4 is 5.78 Å². The summed E-state index contributed by atoms with van der Waals surface area (Å²) in [6.45, 7) is -0.0209. The zero-order valence-electron chi connectivity index (χ0n) is 7.03. The number of hydrogen-bond acceptors (Lipinski definition) is 3. The average Bonchev–Trinajstić information content (AvgIpc) is 2.15. The third-order valence-corrected chi connectivity index (χ3v) is 1.58. The highest BCUT2D eigenvalue weighted by atomic mass is 19.1. The number of aliphatic hydroxyl groups is 1. The van der Waals surface area contributed by atoms with Crippen LogP contribution in [0.3, 0.4) is 0 Å². The number of rotatable bonds is 4. The minimum absolute atomic E-state index is 0.0209. The summed E-state index contributed by atoms with van der Waals surface area (Å²) in [7, 11) is 0. The first-order valence-corrected chi connectivity index (χ1v) is 3.99. The molecular weight excluding hydrogens is 173 g/mol. The number of pyridine rings is 1. The molecule has 0 aromatic carbocycles. The van der Waals surface area contributed by atoms with Gasteiger partial charge in [0.05, 0.1) is 6.20 Å². The minimum Gasteiger partial charge on any atom is -0.396 e. The predicted molar refractivity (Wildman–Crippen MR) is 44.8 cm³/mol. The maximum Gasteiger partial charge on any atom is 0.181 e. The highest BCUT2D eigenvalue weighted by molar-refractivity contribution is 5.94. The second-order valence-corrected chi connectivity index (χ2v) is 2.61. The summed E-state index contributed by atoms with van der Waals surface area (Å²) in [5, 5.41) is 8.47. The van der Waals surface area contributed by atoms with Crippen molar-refractivity contribution in [1.29, 1.82) is 0 Å². The number of Topliss-reactive ketones (excluding diaryl/α,β-unsaturated/α-hetero) is 1. The van der Waals surface area contributed by atoms with E-state index in [1.165, 1.54) is 12.1 Å². The Morgan fingerprint density at radius 3 is 2.85 bits per heavy atom. The quantitative estimate of drug-likeness (QED) is 0.713. The van der Waals surface area contributed by atoms with E-state index in [4.69, 9.17) is 5.11 Å². The van der Waals surface area contributed by atoms with Crippen LogP contribution in [-0.4, -0.2) is 22.5 Å². The molecule has 4 heteroatoms. The lowest BCUT2D eigenvalue weighted by atomic mass is 10.1. The fourth-order valence-corrected chi connectivity index (χ4v) is 0.908. The first-order valence-electron chi connectivity index (χ1n) is 3.99. The molecule has 3 nitrogen and oxygen atoms in total. The van der Waals surface area contributed by atoms with Crippen LogP contribution < -0.4 is 0 Å². The lowest BCUT2D eigenvalue weighted by Gasteiger charge is -1.97. The van der Waals surface area contributed by atoms with Crippen molar-refractivity contribution in [3.05, 3.63) is 29.8 Å². The lowest BCUT2D eigenvalue weighted by molar-refractivity contribution is 0.0966. The Balaban J connectivity index is 2.61. The molecule has 0 bridgehead atoms. The third-order valence-electron chi connectivity index (χ3n) is 1.58. The van der Waals surface area contributed by atoms with Crippen molar-refractivity contribution in [2.75, 3.05) is 6.61 Å². The molecule has 0 aliphatic carbocycles. The summed E-state index contributed by atoms with van der Waals surface area (Å²) in [5.41, 5.74) is 0.245. The number of carbonyl (C=O) groups is 1. The van der Waals surface area contributed by atoms with Crippen LogP contribution >= 0.6 is 0 Å². The van der Waals surface area contributed by atoms with Crippen LogP contribution in [-0.2, 0) is 0 Å². The van der Waals surface area contributed by atoms with Crippen LogP contribution in [0.15, 0.2) is 18.3 Å². The van der Waals surface area contributed by atoms with E-state index in [9.17, 15) is 9.18 Å². The Morgan fingerprint density at radius 2 is 2.31 bits per heavy atom. The lowest BCUT2D eigenvalue weighted by Crippen LogP contribution is -2.02. The fraction of sp³-hybridized carbons (Fsp3) is 0.333. The Labute approximate surface area is 75.2 Å². The van der Waals surface area contributed by atoms with Crippen molar-refractivity contribution < 1.29 is 14.3 Å². The van der Waals surface area contributed by atoms with Gasteiger partial charge in [-0.2, -0.15) is 0 Å². The van der Waals surface area contributed by atoms with Gasteiger partial charge >= 0.3 is 0 Å². The van der Waals surface area contributed by atoms with Gasteiger partial charge in [0.25, 0.3) is 0 Å². The summed E-state index contributed by atoms with van der Waals surface area (Å²) in [4.78, 5) is 14.8. The van der Waals surface area contributed by atoms with Gasteiger partial charge in [-0.05, 0) is 18.6 Å².